The maximum atomic E-state index is 13.4. The molecule has 0 fully saturated rings. The van der Waals surface area contributed by atoms with Crippen LogP contribution in [0.5, 0.6) is 0 Å². The van der Waals surface area contributed by atoms with Gasteiger partial charge in [0.25, 0.3) is 5.91 Å². The summed E-state index contributed by atoms with van der Waals surface area (Å²) in [6.45, 7) is 1.96. The highest BCUT2D eigenvalue weighted by Gasteiger charge is 2.36. The summed E-state index contributed by atoms with van der Waals surface area (Å²) in [7, 11) is 1.48. The van der Waals surface area contributed by atoms with Gasteiger partial charge in [-0.1, -0.05) is 0 Å². The third kappa shape index (κ3) is 3.54. The summed E-state index contributed by atoms with van der Waals surface area (Å²) in [6, 6.07) is 4.73. The second-order valence-corrected chi connectivity index (χ2v) is 5.63. The predicted octanol–water partition coefficient (Wildman–Crippen LogP) is 2.77. The Bertz CT molecular complexity index is 919. The van der Waals surface area contributed by atoms with Crippen molar-refractivity contribution in [3.8, 4) is 11.5 Å². The third-order valence-electron chi connectivity index (χ3n) is 3.52. The Labute approximate surface area is 145 Å². The molecule has 0 radical (unpaired) electrons. The average Bonchev–Trinajstić information content (AvgIpc) is 3.22. The number of carbonyl (C=O) groups is 1. The van der Waals surface area contributed by atoms with Crippen molar-refractivity contribution < 1.29 is 27.1 Å². The second-order valence-electron chi connectivity index (χ2n) is 5.63. The first-order valence-electron chi connectivity index (χ1n) is 7.61. The number of hydrogen-bond acceptors (Lipinski definition) is 5. The van der Waals surface area contributed by atoms with Crippen molar-refractivity contribution in [3.05, 3.63) is 41.9 Å². The largest absolute Gasteiger partial charge is 0.463 e. The van der Waals surface area contributed by atoms with Gasteiger partial charge in [0.1, 0.15) is 5.69 Å². The Morgan fingerprint density at radius 1 is 1.42 bits per heavy atom. The minimum absolute atomic E-state index is 0.00515. The van der Waals surface area contributed by atoms with Crippen LogP contribution in [0, 0.1) is 0 Å². The third-order valence-corrected chi connectivity index (χ3v) is 3.52. The van der Waals surface area contributed by atoms with Crippen LogP contribution >= 0.6 is 0 Å². The molecule has 10 heteroatoms. The molecule has 0 bridgehead atoms. The van der Waals surface area contributed by atoms with Crippen LogP contribution in [-0.2, 0) is 10.9 Å². The van der Waals surface area contributed by atoms with Gasteiger partial charge in [0.15, 0.2) is 22.8 Å². The van der Waals surface area contributed by atoms with Crippen LogP contribution in [0.15, 0.2) is 34.9 Å². The van der Waals surface area contributed by atoms with E-state index in [0.717, 1.165) is 6.07 Å². The molecular weight excluding hydrogens is 353 g/mol. The Kier molecular flexibility index (Phi) is 4.68. The highest BCUT2D eigenvalue weighted by Crippen LogP contribution is 2.32. The van der Waals surface area contributed by atoms with Crippen molar-refractivity contribution in [1.29, 1.82) is 0 Å². The monoisotopic (exact) mass is 368 g/mol. The zero-order valence-electron chi connectivity index (χ0n) is 13.9. The van der Waals surface area contributed by atoms with Gasteiger partial charge in [0.05, 0.1) is 12.9 Å². The standard InChI is InChI=1S/C16H15F3N4O3/c1-9(8-25-2)20-15(24)11-7-14-21-10(12-4-3-5-26-12)6-13(16(17,18)19)23(14)22-11/h3-7,9H,8H2,1-2H3,(H,20,24). The van der Waals surface area contributed by atoms with Crippen LogP contribution < -0.4 is 5.32 Å². The number of fused-ring (bicyclic) bond motifs is 1. The van der Waals surface area contributed by atoms with Crippen LogP contribution in [0.2, 0.25) is 0 Å². The molecule has 0 saturated carbocycles. The molecule has 0 aliphatic heterocycles. The molecular formula is C16H15F3N4O3. The lowest BCUT2D eigenvalue weighted by Gasteiger charge is -2.11. The minimum atomic E-state index is -4.69. The van der Waals surface area contributed by atoms with E-state index >= 15 is 0 Å². The summed E-state index contributed by atoms with van der Waals surface area (Å²) in [5.74, 6) is -0.438. The van der Waals surface area contributed by atoms with E-state index in [1.54, 1.807) is 13.0 Å². The topological polar surface area (TPSA) is 81.7 Å². The highest BCUT2D eigenvalue weighted by atomic mass is 19.4. The zero-order valence-corrected chi connectivity index (χ0v) is 13.9. The van der Waals surface area contributed by atoms with Crippen molar-refractivity contribution in [2.45, 2.75) is 19.1 Å². The molecule has 0 aliphatic carbocycles. The van der Waals surface area contributed by atoms with Gasteiger partial charge >= 0.3 is 6.18 Å². The normalized spacial score (nSPS) is 13.1. The number of alkyl halides is 3. The molecule has 0 spiro atoms. The zero-order chi connectivity index (χ0) is 18.9. The van der Waals surface area contributed by atoms with Gasteiger partial charge in [0, 0.05) is 19.2 Å². The molecule has 1 amide bonds. The fraction of sp³-hybridized carbons (Fsp3) is 0.312. The van der Waals surface area contributed by atoms with E-state index in [2.05, 4.69) is 15.4 Å². The average molecular weight is 368 g/mol. The highest BCUT2D eigenvalue weighted by molar-refractivity contribution is 5.93. The Morgan fingerprint density at radius 3 is 2.81 bits per heavy atom. The van der Waals surface area contributed by atoms with Gasteiger partial charge in [-0.3, -0.25) is 4.79 Å². The van der Waals surface area contributed by atoms with Crippen molar-refractivity contribution in [1.82, 2.24) is 19.9 Å². The Morgan fingerprint density at radius 2 is 2.19 bits per heavy atom. The van der Waals surface area contributed by atoms with Gasteiger partial charge in [-0.05, 0) is 25.1 Å². The summed E-state index contributed by atoms with van der Waals surface area (Å²) in [5.41, 5.74) is -1.36. The lowest BCUT2D eigenvalue weighted by Crippen LogP contribution is -2.35. The quantitative estimate of drug-likeness (QED) is 0.749. The van der Waals surface area contributed by atoms with Crippen LogP contribution in [0.25, 0.3) is 17.1 Å². The molecule has 3 rings (SSSR count). The minimum Gasteiger partial charge on any atom is -0.463 e. The van der Waals surface area contributed by atoms with Crippen LogP contribution in [0.1, 0.15) is 23.1 Å². The second kappa shape index (κ2) is 6.79. The fourth-order valence-electron chi connectivity index (χ4n) is 2.43. The maximum Gasteiger partial charge on any atom is 0.433 e. The van der Waals surface area contributed by atoms with E-state index in [0.29, 0.717) is 4.52 Å². The van der Waals surface area contributed by atoms with E-state index in [-0.39, 0.29) is 35.4 Å². The Hall–Kier alpha value is -2.88. The van der Waals surface area contributed by atoms with Gasteiger partial charge in [-0.2, -0.15) is 18.3 Å². The van der Waals surface area contributed by atoms with E-state index in [1.165, 1.54) is 25.5 Å². The van der Waals surface area contributed by atoms with Crippen molar-refractivity contribution >= 4 is 11.6 Å². The van der Waals surface area contributed by atoms with Crippen molar-refractivity contribution in [2.75, 3.05) is 13.7 Å². The lowest BCUT2D eigenvalue weighted by molar-refractivity contribution is -0.142. The molecule has 1 N–H and O–H groups in total. The SMILES string of the molecule is COCC(C)NC(=O)c1cc2nc(-c3ccco3)cc(C(F)(F)F)n2n1. The molecule has 138 valence electrons. The first kappa shape index (κ1) is 17.9. The summed E-state index contributed by atoms with van der Waals surface area (Å²) in [6.07, 6.45) is -3.35. The number of furan rings is 1. The van der Waals surface area contributed by atoms with Crippen molar-refractivity contribution in [3.63, 3.8) is 0 Å². The number of hydrogen-bond donors (Lipinski definition) is 1. The molecule has 0 saturated heterocycles. The first-order valence-corrected chi connectivity index (χ1v) is 7.61. The molecule has 7 nitrogen and oxygen atoms in total. The number of amides is 1. The summed E-state index contributed by atoms with van der Waals surface area (Å²) < 4.78 is 50.9. The van der Waals surface area contributed by atoms with Crippen LogP contribution in [0.3, 0.4) is 0 Å². The van der Waals surface area contributed by atoms with Crippen LogP contribution in [0.4, 0.5) is 13.2 Å². The Balaban J connectivity index is 2.06. The van der Waals surface area contributed by atoms with Gasteiger partial charge < -0.3 is 14.5 Å². The van der Waals surface area contributed by atoms with E-state index in [9.17, 15) is 18.0 Å². The molecule has 3 aromatic heterocycles. The number of aromatic nitrogens is 3. The van der Waals surface area contributed by atoms with E-state index in [4.69, 9.17) is 9.15 Å². The predicted molar refractivity (Wildman–Crippen MR) is 84.5 cm³/mol. The van der Waals surface area contributed by atoms with Gasteiger partial charge in [-0.15, -0.1) is 0 Å². The lowest BCUT2D eigenvalue weighted by atomic mass is 10.2. The number of rotatable bonds is 5. The summed E-state index contributed by atoms with van der Waals surface area (Å²) in [5, 5.41) is 6.36. The number of carbonyl (C=O) groups excluding carboxylic acids is 1. The summed E-state index contributed by atoms with van der Waals surface area (Å²) >= 11 is 0. The number of nitrogens with one attached hydrogen (secondary N) is 1. The van der Waals surface area contributed by atoms with E-state index < -0.39 is 17.8 Å². The van der Waals surface area contributed by atoms with Crippen LogP contribution in [-0.4, -0.2) is 40.3 Å². The molecule has 3 aromatic rings. The van der Waals surface area contributed by atoms with Gasteiger partial charge in [-0.25, -0.2) is 9.50 Å². The first-order chi connectivity index (χ1) is 12.3. The molecule has 1 atom stereocenters. The number of ether oxygens (including phenoxy) is 1. The number of nitrogens with zero attached hydrogens (tertiary/aromatic N) is 3. The smallest absolute Gasteiger partial charge is 0.433 e. The molecule has 3 heterocycles. The van der Waals surface area contributed by atoms with Crippen molar-refractivity contribution in [2.24, 2.45) is 0 Å². The summed E-state index contributed by atoms with van der Waals surface area (Å²) in [4.78, 5) is 16.3. The van der Waals surface area contributed by atoms with Gasteiger partial charge in [0.2, 0.25) is 0 Å². The fourth-order valence-corrected chi connectivity index (χ4v) is 2.43. The number of halogens is 3. The van der Waals surface area contributed by atoms with E-state index in [1.807, 2.05) is 0 Å². The molecule has 26 heavy (non-hydrogen) atoms. The molecule has 1 unspecified atom stereocenters. The molecule has 0 aromatic carbocycles. The number of methoxy groups -OCH3 is 1. The maximum absolute atomic E-state index is 13.4. The molecule has 0 aliphatic rings.